The fourth-order valence-electron chi connectivity index (χ4n) is 5.94. The fraction of sp³-hybridized carbons (Fsp3) is 0.733. The van der Waals surface area contributed by atoms with Crippen molar-refractivity contribution in [2.24, 2.45) is 17.8 Å². The molecule has 1 aromatic carbocycles. The number of benzene rings is 1. The average Bonchev–Trinajstić information content (AvgIpc) is 2.81. The van der Waals surface area contributed by atoms with Gasteiger partial charge in [-0.15, -0.1) is 0 Å². The first-order chi connectivity index (χ1) is 14.8. The predicted octanol–water partition coefficient (Wildman–Crippen LogP) is 9.47. The summed E-state index contributed by atoms with van der Waals surface area (Å²) in [5.74, 6) is 3.08. The number of rotatable bonds is 12. The number of hydrogen-bond donors (Lipinski definition) is 0. The van der Waals surface area contributed by atoms with Crippen LogP contribution in [0.15, 0.2) is 35.9 Å². The molecule has 2 aliphatic rings. The molecule has 0 radical (unpaired) electrons. The van der Waals surface area contributed by atoms with Gasteiger partial charge in [-0.2, -0.15) is 0 Å². The van der Waals surface area contributed by atoms with E-state index in [9.17, 15) is 0 Å². The zero-order valence-corrected chi connectivity index (χ0v) is 20.1. The van der Waals surface area contributed by atoms with E-state index in [1.807, 2.05) is 0 Å². The third kappa shape index (κ3) is 7.90. The van der Waals surface area contributed by atoms with Gasteiger partial charge in [-0.3, -0.25) is 0 Å². The lowest BCUT2D eigenvalue weighted by Gasteiger charge is -2.35. The quantitative estimate of drug-likeness (QED) is 0.238. The topological polar surface area (TPSA) is 0 Å². The molecular formula is C30H48. The summed E-state index contributed by atoms with van der Waals surface area (Å²) in [5.41, 5.74) is 4.80. The Morgan fingerprint density at radius 1 is 0.667 bits per heavy atom. The Morgan fingerprint density at radius 2 is 1.37 bits per heavy atom. The van der Waals surface area contributed by atoms with Crippen molar-refractivity contribution >= 4 is 0 Å². The van der Waals surface area contributed by atoms with Crippen molar-refractivity contribution in [1.29, 1.82) is 0 Å². The van der Waals surface area contributed by atoms with Gasteiger partial charge in [0.2, 0.25) is 0 Å². The second kappa shape index (κ2) is 13.4. The van der Waals surface area contributed by atoms with Crippen LogP contribution in [0.3, 0.4) is 0 Å². The summed E-state index contributed by atoms with van der Waals surface area (Å²) in [6, 6.07) is 9.53. The zero-order chi connectivity index (χ0) is 21.0. The van der Waals surface area contributed by atoms with Crippen LogP contribution in [0.2, 0.25) is 0 Å². The lowest BCUT2D eigenvalue weighted by molar-refractivity contribution is 0.185. The van der Waals surface area contributed by atoms with Gasteiger partial charge in [0.15, 0.2) is 0 Å². The minimum atomic E-state index is 0.993. The van der Waals surface area contributed by atoms with E-state index in [1.54, 1.807) is 5.57 Å². The smallest absolute Gasteiger partial charge is 0.0241 e. The van der Waals surface area contributed by atoms with Gasteiger partial charge in [-0.25, -0.2) is 0 Å². The molecule has 0 spiro atoms. The summed E-state index contributed by atoms with van der Waals surface area (Å²) in [6.45, 7) is 4.62. The second-order valence-corrected chi connectivity index (χ2v) is 10.4. The highest BCUT2D eigenvalue weighted by atomic mass is 14.3. The Hall–Kier alpha value is -1.04. The Morgan fingerprint density at radius 3 is 2.00 bits per heavy atom. The standard InChI is InChI=1S/C30H48/c1-3-5-7-8-10-26-11-13-27(14-12-26)15-16-28-19-23-30(24-20-28)29-21-17-25(18-22-29)9-6-4-2/h11-14,19,25,29-30H,3-10,15-18,20-24H2,1-2H3. The van der Waals surface area contributed by atoms with E-state index in [4.69, 9.17) is 0 Å². The average molecular weight is 409 g/mol. The van der Waals surface area contributed by atoms with Crippen LogP contribution in [-0.4, -0.2) is 0 Å². The number of unbranched alkanes of at least 4 members (excludes halogenated alkanes) is 4. The molecule has 1 fully saturated rings. The van der Waals surface area contributed by atoms with Gasteiger partial charge in [0, 0.05) is 0 Å². The Labute approximate surface area is 187 Å². The maximum absolute atomic E-state index is 2.64. The van der Waals surface area contributed by atoms with Gasteiger partial charge in [-0.05, 0) is 86.7 Å². The third-order valence-corrected chi connectivity index (χ3v) is 8.15. The van der Waals surface area contributed by atoms with E-state index >= 15 is 0 Å². The molecule has 1 atom stereocenters. The summed E-state index contributed by atoms with van der Waals surface area (Å²) in [7, 11) is 0. The molecule has 1 saturated carbocycles. The Kier molecular flexibility index (Phi) is 10.5. The van der Waals surface area contributed by atoms with Crippen LogP contribution < -0.4 is 0 Å². The first kappa shape index (κ1) is 23.6. The molecule has 30 heavy (non-hydrogen) atoms. The lowest BCUT2D eigenvalue weighted by atomic mass is 9.70. The van der Waals surface area contributed by atoms with Gasteiger partial charge in [0.05, 0.1) is 0 Å². The predicted molar refractivity (Wildman–Crippen MR) is 133 cm³/mol. The summed E-state index contributed by atoms with van der Waals surface area (Å²) in [6.07, 6.45) is 26.5. The molecule has 0 heterocycles. The maximum Gasteiger partial charge on any atom is -0.0241 e. The highest BCUT2D eigenvalue weighted by molar-refractivity contribution is 5.24. The molecule has 0 aromatic heterocycles. The molecule has 0 aliphatic heterocycles. The van der Waals surface area contributed by atoms with Crippen molar-refractivity contribution in [3.05, 3.63) is 47.0 Å². The van der Waals surface area contributed by atoms with Gasteiger partial charge in [0.25, 0.3) is 0 Å². The Balaban J connectivity index is 1.34. The highest BCUT2D eigenvalue weighted by Gasteiger charge is 2.28. The van der Waals surface area contributed by atoms with Crippen molar-refractivity contribution in [2.75, 3.05) is 0 Å². The molecule has 168 valence electrons. The molecule has 1 unspecified atom stereocenters. The summed E-state index contributed by atoms with van der Waals surface area (Å²) in [5, 5.41) is 0. The lowest BCUT2D eigenvalue weighted by Crippen LogP contribution is -2.23. The normalized spacial score (nSPS) is 24.6. The number of aryl methyl sites for hydroxylation is 2. The summed E-state index contributed by atoms with van der Waals surface area (Å²) in [4.78, 5) is 0. The molecule has 2 aliphatic carbocycles. The second-order valence-electron chi connectivity index (χ2n) is 10.4. The molecule has 3 rings (SSSR count). The number of allylic oxidation sites excluding steroid dienone is 2. The van der Waals surface area contributed by atoms with E-state index in [-0.39, 0.29) is 0 Å². The van der Waals surface area contributed by atoms with Crippen molar-refractivity contribution in [3.8, 4) is 0 Å². The molecule has 0 bridgehead atoms. The van der Waals surface area contributed by atoms with Crippen LogP contribution in [0, 0.1) is 17.8 Å². The van der Waals surface area contributed by atoms with Crippen LogP contribution in [0.4, 0.5) is 0 Å². The van der Waals surface area contributed by atoms with Crippen molar-refractivity contribution < 1.29 is 0 Å². The first-order valence-electron chi connectivity index (χ1n) is 13.5. The van der Waals surface area contributed by atoms with Crippen molar-refractivity contribution in [2.45, 2.75) is 123 Å². The van der Waals surface area contributed by atoms with Gasteiger partial charge < -0.3 is 0 Å². The van der Waals surface area contributed by atoms with Crippen LogP contribution in [0.5, 0.6) is 0 Å². The molecule has 0 N–H and O–H groups in total. The third-order valence-electron chi connectivity index (χ3n) is 8.15. The van der Waals surface area contributed by atoms with Gasteiger partial charge >= 0.3 is 0 Å². The monoisotopic (exact) mass is 408 g/mol. The summed E-state index contributed by atoms with van der Waals surface area (Å²) >= 11 is 0. The molecule has 1 aromatic rings. The van der Waals surface area contributed by atoms with Gasteiger partial charge in [-0.1, -0.05) is 101 Å². The van der Waals surface area contributed by atoms with E-state index < -0.39 is 0 Å². The minimum absolute atomic E-state index is 0.993. The van der Waals surface area contributed by atoms with Crippen molar-refractivity contribution in [3.63, 3.8) is 0 Å². The van der Waals surface area contributed by atoms with E-state index in [0.717, 1.165) is 17.8 Å². The molecule has 0 amide bonds. The zero-order valence-electron chi connectivity index (χ0n) is 20.1. The SMILES string of the molecule is CCCCCCc1ccc(CCC2=CCC(C3CCC(CCCC)CC3)CC2)cc1. The van der Waals surface area contributed by atoms with Crippen molar-refractivity contribution in [1.82, 2.24) is 0 Å². The van der Waals surface area contributed by atoms with E-state index in [0.29, 0.717) is 0 Å². The molecule has 0 saturated heterocycles. The maximum atomic E-state index is 2.64. The highest BCUT2D eigenvalue weighted by Crippen LogP contribution is 2.41. The van der Waals surface area contributed by atoms with E-state index in [2.05, 4.69) is 44.2 Å². The number of hydrogen-bond acceptors (Lipinski definition) is 0. The molecular weight excluding hydrogens is 360 g/mol. The van der Waals surface area contributed by atoms with Crippen LogP contribution in [0.25, 0.3) is 0 Å². The largest absolute Gasteiger partial charge is 0.0850 e. The molecule has 0 heteroatoms. The van der Waals surface area contributed by atoms with Crippen LogP contribution in [0.1, 0.15) is 121 Å². The van der Waals surface area contributed by atoms with E-state index in [1.165, 1.54) is 120 Å². The van der Waals surface area contributed by atoms with Gasteiger partial charge in [0.1, 0.15) is 0 Å². The fourth-order valence-corrected chi connectivity index (χ4v) is 5.94. The van der Waals surface area contributed by atoms with Crippen LogP contribution >= 0.6 is 0 Å². The first-order valence-corrected chi connectivity index (χ1v) is 13.5. The minimum Gasteiger partial charge on any atom is -0.0850 e. The summed E-state index contributed by atoms with van der Waals surface area (Å²) < 4.78 is 0. The molecule has 0 nitrogen and oxygen atoms in total. The van der Waals surface area contributed by atoms with Crippen LogP contribution in [-0.2, 0) is 12.8 Å². The Bertz CT molecular complexity index is 599.